The van der Waals surface area contributed by atoms with Crippen LogP contribution in [-0.2, 0) is 24.3 Å². The lowest BCUT2D eigenvalue weighted by Crippen LogP contribution is -2.48. The molecule has 1 aromatic rings. The van der Waals surface area contributed by atoms with E-state index in [2.05, 4.69) is 4.72 Å². The van der Waals surface area contributed by atoms with Gasteiger partial charge in [-0.2, -0.15) is 4.72 Å². The maximum atomic E-state index is 12.5. The van der Waals surface area contributed by atoms with Gasteiger partial charge >= 0.3 is 12.0 Å². The van der Waals surface area contributed by atoms with Gasteiger partial charge in [0, 0.05) is 0 Å². The van der Waals surface area contributed by atoms with Crippen LogP contribution < -0.4 is 15.8 Å². The van der Waals surface area contributed by atoms with E-state index in [-0.39, 0.29) is 4.90 Å². The van der Waals surface area contributed by atoms with Crippen molar-refractivity contribution in [1.29, 1.82) is 0 Å². The predicted molar refractivity (Wildman–Crippen MR) is 93.4 cm³/mol. The summed E-state index contributed by atoms with van der Waals surface area (Å²) in [6, 6.07) is 3.80. The average Bonchev–Trinajstić information content (AvgIpc) is 2.52. The van der Waals surface area contributed by atoms with Gasteiger partial charge in [-0.15, -0.1) is 0 Å². The Morgan fingerprint density at radius 1 is 1.08 bits per heavy atom. The summed E-state index contributed by atoms with van der Waals surface area (Å²) < 4.78 is 32.2. The largest absolute Gasteiger partial charge is 0.451 e. The van der Waals surface area contributed by atoms with Crippen LogP contribution in [0.25, 0.3) is 0 Å². The van der Waals surface area contributed by atoms with Gasteiger partial charge in [0.25, 0.3) is 5.91 Å². The Balaban J connectivity index is 2.91. The number of imide groups is 1. The van der Waals surface area contributed by atoms with Crippen LogP contribution >= 0.6 is 0 Å². The van der Waals surface area contributed by atoms with Crippen LogP contribution in [0.2, 0.25) is 0 Å². The number of primary amides is 1. The molecule has 0 aliphatic carbocycles. The molecule has 1 rings (SSSR count). The molecule has 3 amide bonds. The van der Waals surface area contributed by atoms with Crippen molar-refractivity contribution in [1.82, 2.24) is 10.0 Å². The Morgan fingerprint density at radius 2 is 1.62 bits per heavy atom. The first-order valence-electron chi connectivity index (χ1n) is 7.84. The van der Waals surface area contributed by atoms with Gasteiger partial charge in [-0.3, -0.25) is 14.9 Å². The Kier molecular flexibility index (Phi) is 7.28. The number of esters is 1. The molecule has 0 unspecified atom stereocenters. The van der Waals surface area contributed by atoms with Gasteiger partial charge in [-0.25, -0.2) is 13.2 Å². The first-order chi connectivity index (χ1) is 11.9. The van der Waals surface area contributed by atoms with E-state index < -0.39 is 46.0 Å². The van der Waals surface area contributed by atoms with Crippen molar-refractivity contribution in [2.45, 2.75) is 44.7 Å². The number of hydrogen-bond donors (Lipinski definition) is 3. The van der Waals surface area contributed by atoms with Crippen molar-refractivity contribution in [3.05, 3.63) is 29.8 Å². The minimum Gasteiger partial charge on any atom is -0.451 e. The van der Waals surface area contributed by atoms with Gasteiger partial charge in [0.1, 0.15) is 6.04 Å². The Bertz CT molecular complexity index is 774. The summed E-state index contributed by atoms with van der Waals surface area (Å²) in [6.45, 7) is 6.30. The molecule has 26 heavy (non-hydrogen) atoms. The minimum absolute atomic E-state index is 0.000991. The fraction of sp³-hybridized carbons (Fsp3) is 0.438. The molecule has 4 N–H and O–H groups in total. The third-order valence-electron chi connectivity index (χ3n) is 3.44. The summed E-state index contributed by atoms with van der Waals surface area (Å²) in [7, 11) is -3.97. The Hall–Kier alpha value is -2.46. The van der Waals surface area contributed by atoms with E-state index >= 15 is 0 Å². The van der Waals surface area contributed by atoms with Gasteiger partial charge in [0.05, 0.1) is 4.90 Å². The second kappa shape index (κ2) is 8.77. The normalized spacial score (nSPS) is 13.7. The lowest BCUT2D eigenvalue weighted by atomic mass is 10.1. The lowest BCUT2D eigenvalue weighted by molar-refractivity contribution is -0.157. The maximum Gasteiger partial charge on any atom is 0.325 e. The smallest absolute Gasteiger partial charge is 0.325 e. The van der Waals surface area contributed by atoms with E-state index in [1.54, 1.807) is 31.3 Å². The number of nitrogens with one attached hydrogen (secondary N) is 2. The summed E-state index contributed by atoms with van der Waals surface area (Å²) in [4.78, 5) is 34.6. The molecule has 0 saturated heterocycles. The molecular weight excluding hydrogens is 362 g/mol. The van der Waals surface area contributed by atoms with Gasteiger partial charge in [-0.05, 0) is 31.9 Å². The molecule has 0 aliphatic rings. The van der Waals surface area contributed by atoms with E-state index in [9.17, 15) is 22.8 Å². The molecule has 0 radical (unpaired) electrons. The van der Waals surface area contributed by atoms with Crippen molar-refractivity contribution >= 4 is 27.9 Å². The molecule has 0 fully saturated rings. The van der Waals surface area contributed by atoms with Gasteiger partial charge < -0.3 is 10.5 Å². The lowest BCUT2D eigenvalue weighted by Gasteiger charge is -2.22. The molecule has 9 nitrogen and oxygen atoms in total. The number of benzene rings is 1. The Labute approximate surface area is 152 Å². The zero-order chi connectivity index (χ0) is 20.1. The van der Waals surface area contributed by atoms with Crippen LogP contribution in [0.4, 0.5) is 4.79 Å². The van der Waals surface area contributed by atoms with Crippen LogP contribution in [0.15, 0.2) is 29.2 Å². The average molecular weight is 385 g/mol. The monoisotopic (exact) mass is 385 g/mol. The standard InChI is InChI=1S/C16H23N3O6S/c1-9(2)13(15(21)25-11(4)14(20)18-16(17)22)19-26(23,24)12-7-5-10(3)6-8-12/h5-9,11,13,19H,1-4H3,(H3,17,18,20,22)/t11-,13-/m0/s1. The van der Waals surface area contributed by atoms with Gasteiger partial charge in [0.2, 0.25) is 10.0 Å². The van der Waals surface area contributed by atoms with Crippen molar-refractivity contribution in [2.24, 2.45) is 11.7 Å². The van der Waals surface area contributed by atoms with E-state index in [1.807, 2.05) is 6.92 Å². The highest BCUT2D eigenvalue weighted by atomic mass is 32.2. The van der Waals surface area contributed by atoms with E-state index in [4.69, 9.17) is 10.5 Å². The second-order valence-electron chi connectivity index (χ2n) is 6.09. The number of sulfonamides is 1. The van der Waals surface area contributed by atoms with E-state index in [0.717, 1.165) is 5.56 Å². The second-order valence-corrected chi connectivity index (χ2v) is 7.80. The summed E-state index contributed by atoms with van der Waals surface area (Å²) in [5, 5.41) is 1.78. The molecule has 144 valence electrons. The number of aryl methyl sites for hydroxylation is 1. The summed E-state index contributed by atoms with van der Waals surface area (Å²) >= 11 is 0. The highest BCUT2D eigenvalue weighted by Gasteiger charge is 2.32. The molecule has 0 heterocycles. The summed E-state index contributed by atoms with van der Waals surface area (Å²) in [6.07, 6.45) is -1.32. The minimum atomic E-state index is -3.97. The summed E-state index contributed by atoms with van der Waals surface area (Å²) in [5.74, 6) is -2.30. The van der Waals surface area contributed by atoms with Crippen LogP contribution in [0.1, 0.15) is 26.3 Å². The molecule has 2 atom stereocenters. The topological polar surface area (TPSA) is 145 Å². The van der Waals surface area contributed by atoms with E-state index in [1.165, 1.54) is 19.1 Å². The van der Waals surface area contributed by atoms with E-state index in [0.29, 0.717) is 0 Å². The first-order valence-corrected chi connectivity index (χ1v) is 9.32. The third kappa shape index (κ3) is 6.12. The van der Waals surface area contributed by atoms with Crippen LogP contribution in [0, 0.1) is 12.8 Å². The maximum absolute atomic E-state index is 12.5. The third-order valence-corrected chi connectivity index (χ3v) is 4.90. The molecule has 0 aliphatic heterocycles. The molecule has 0 bridgehead atoms. The number of urea groups is 1. The van der Waals surface area contributed by atoms with Gasteiger partial charge in [0.15, 0.2) is 6.10 Å². The number of nitrogens with two attached hydrogens (primary N) is 1. The van der Waals surface area contributed by atoms with Crippen molar-refractivity contribution in [2.75, 3.05) is 0 Å². The fourth-order valence-corrected chi connectivity index (χ4v) is 3.27. The number of amides is 3. The molecular formula is C16H23N3O6S. The van der Waals surface area contributed by atoms with Crippen molar-refractivity contribution in [3.8, 4) is 0 Å². The highest BCUT2D eigenvalue weighted by Crippen LogP contribution is 2.14. The molecule has 1 aromatic carbocycles. The molecule has 0 aromatic heterocycles. The van der Waals surface area contributed by atoms with Crippen molar-refractivity contribution in [3.63, 3.8) is 0 Å². The number of ether oxygens (including phenoxy) is 1. The zero-order valence-corrected chi connectivity index (χ0v) is 15.8. The summed E-state index contributed by atoms with van der Waals surface area (Å²) in [5.41, 5.74) is 5.71. The highest BCUT2D eigenvalue weighted by molar-refractivity contribution is 7.89. The number of rotatable bonds is 7. The van der Waals surface area contributed by atoms with Gasteiger partial charge in [-0.1, -0.05) is 31.5 Å². The molecule has 0 saturated carbocycles. The first kappa shape index (κ1) is 21.6. The SMILES string of the molecule is Cc1ccc(S(=O)(=O)N[C@H](C(=O)O[C@@H](C)C(=O)NC(N)=O)C(C)C)cc1. The van der Waals surface area contributed by atoms with Crippen LogP contribution in [-0.4, -0.2) is 38.5 Å². The van der Waals surface area contributed by atoms with Crippen LogP contribution in [0.3, 0.4) is 0 Å². The quantitative estimate of drug-likeness (QED) is 0.580. The van der Waals surface area contributed by atoms with Crippen molar-refractivity contribution < 1.29 is 27.5 Å². The number of carbonyl (C=O) groups is 3. The zero-order valence-electron chi connectivity index (χ0n) is 15.0. The Morgan fingerprint density at radius 3 is 2.08 bits per heavy atom. The molecule has 0 spiro atoms. The molecule has 10 heteroatoms. The van der Waals surface area contributed by atoms with Crippen LogP contribution in [0.5, 0.6) is 0 Å². The number of hydrogen-bond acceptors (Lipinski definition) is 6. The predicted octanol–water partition coefficient (Wildman–Crippen LogP) is 0.425. The fourth-order valence-electron chi connectivity index (χ4n) is 1.93. The number of carbonyl (C=O) groups excluding carboxylic acids is 3.